The van der Waals surface area contributed by atoms with E-state index in [1.54, 1.807) is 7.11 Å². The lowest BCUT2D eigenvalue weighted by Crippen LogP contribution is -2.01. The lowest BCUT2D eigenvalue weighted by Gasteiger charge is -2.12. The molecule has 0 aliphatic carbocycles. The van der Waals surface area contributed by atoms with E-state index in [2.05, 4.69) is 76.4 Å². The zero-order chi connectivity index (χ0) is 27.5. The fraction of sp³-hybridized carbons (Fsp3) is 0.400. The van der Waals surface area contributed by atoms with E-state index in [0.29, 0.717) is 12.2 Å². The van der Waals surface area contributed by atoms with Crippen molar-refractivity contribution in [2.45, 2.75) is 52.4 Å². The molecule has 1 unspecified atom stereocenters. The number of carbonyl (C=O) groups is 2. The van der Waals surface area contributed by atoms with E-state index in [9.17, 15) is 9.59 Å². The summed E-state index contributed by atoms with van der Waals surface area (Å²) >= 11 is 0. The predicted octanol–water partition coefficient (Wildman–Crippen LogP) is 5.50. The number of ether oxygens (including phenoxy) is 1. The van der Waals surface area contributed by atoms with E-state index in [4.69, 9.17) is 20.1 Å². The van der Waals surface area contributed by atoms with Crippen LogP contribution < -0.4 is 0 Å². The molecule has 0 heterocycles. The fourth-order valence-electron chi connectivity index (χ4n) is 3.18. The van der Waals surface area contributed by atoms with Gasteiger partial charge in [0.05, 0.1) is 25.4 Å². The van der Waals surface area contributed by atoms with Crippen LogP contribution in [0, 0.1) is 6.92 Å². The Labute approximate surface area is 216 Å². The zero-order valence-corrected chi connectivity index (χ0v) is 22.1. The molecule has 2 aromatic rings. The van der Waals surface area contributed by atoms with Crippen LogP contribution in [-0.4, -0.2) is 54.5 Å². The van der Waals surface area contributed by atoms with E-state index in [1.807, 2.05) is 0 Å². The summed E-state index contributed by atoms with van der Waals surface area (Å²) in [5, 5.41) is 24.0. The van der Waals surface area contributed by atoms with Crippen LogP contribution in [0.25, 0.3) is 11.1 Å². The van der Waals surface area contributed by atoms with Gasteiger partial charge in [0.15, 0.2) is 0 Å². The Bertz CT molecular complexity index is 946. The first-order valence-corrected chi connectivity index (χ1v) is 12.1. The summed E-state index contributed by atoms with van der Waals surface area (Å²) in [6.07, 6.45) is 5.63. The molecule has 2 aromatic carbocycles. The van der Waals surface area contributed by atoms with Crippen LogP contribution in [0.3, 0.4) is 0 Å². The minimum Gasteiger partial charge on any atom is -0.478 e. The van der Waals surface area contributed by atoms with Crippen molar-refractivity contribution in [3.63, 3.8) is 0 Å². The molecule has 0 aliphatic rings. The molecule has 3 N–H and O–H groups in total. The van der Waals surface area contributed by atoms with Gasteiger partial charge in [-0.2, -0.15) is 0 Å². The molecule has 0 spiro atoms. The minimum absolute atomic E-state index is 0.181. The topological polar surface area (TPSA) is 104 Å². The van der Waals surface area contributed by atoms with Gasteiger partial charge in [0.1, 0.15) is 6.29 Å². The lowest BCUT2D eigenvalue weighted by molar-refractivity contribution is -0.133. The molecule has 0 radical (unpaired) electrons. The average Bonchev–Trinajstić information content (AvgIpc) is 2.89. The summed E-state index contributed by atoms with van der Waals surface area (Å²) < 4.78 is 5.24. The monoisotopic (exact) mass is 498 g/mol. The van der Waals surface area contributed by atoms with Crippen LogP contribution in [0.4, 0.5) is 0 Å². The number of hydrogen-bond donors (Lipinski definition) is 3. The predicted molar refractivity (Wildman–Crippen MR) is 146 cm³/mol. The summed E-state index contributed by atoms with van der Waals surface area (Å²) in [7, 11) is 1.76. The molecular formula is C30H42O6. The highest BCUT2D eigenvalue weighted by molar-refractivity contribution is 5.85. The number of aryl methyl sites for hydroxylation is 2. The van der Waals surface area contributed by atoms with Gasteiger partial charge in [0, 0.05) is 18.6 Å². The third-order valence-corrected chi connectivity index (χ3v) is 5.49. The van der Waals surface area contributed by atoms with Crippen molar-refractivity contribution in [3.8, 4) is 11.1 Å². The van der Waals surface area contributed by atoms with Crippen molar-refractivity contribution in [2.75, 3.05) is 26.9 Å². The largest absolute Gasteiger partial charge is 0.478 e. The van der Waals surface area contributed by atoms with Crippen LogP contribution >= 0.6 is 0 Å². The summed E-state index contributed by atoms with van der Waals surface area (Å²) in [4.78, 5) is 19.1. The lowest BCUT2D eigenvalue weighted by atomic mass is 9.95. The minimum atomic E-state index is -1.15. The number of hydrogen-bond acceptors (Lipinski definition) is 5. The number of carbonyl (C=O) groups excluding carboxylic acids is 1. The molecule has 0 bridgehead atoms. The number of aliphatic hydroxyl groups is 2. The Hall–Kier alpha value is -3.06. The standard InChI is InChI=1S/C22H30O.C4H6O3.C4H6O2/c1-5-6-7-8-19-11-14-22(15-17(19)2)21-12-9-20(10-13-21)18(3)16-23-4;1-3(2-5)4(6)7;1-4(2-5)3-6/h9-15,18H,5-8,16H2,1-4H3;5H,1-2H2,(H,6,7);2,6H,1,3H2. The first-order valence-electron chi connectivity index (χ1n) is 12.1. The number of aliphatic carboxylic acids is 1. The molecule has 1 atom stereocenters. The number of unbranched alkanes of at least 4 members (excludes halogenated alkanes) is 2. The van der Waals surface area contributed by atoms with Crippen LogP contribution in [0.2, 0.25) is 0 Å². The maximum Gasteiger partial charge on any atom is 0.333 e. The van der Waals surface area contributed by atoms with Crippen molar-refractivity contribution in [3.05, 3.63) is 83.5 Å². The third-order valence-electron chi connectivity index (χ3n) is 5.49. The van der Waals surface area contributed by atoms with E-state index >= 15 is 0 Å². The first-order chi connectivity index (χ1) is 17.1. The molecule has 0 aliphatic heterocycles. The smallest absolute Gasteiger partial charge is 0.333 e. The number of aliphatic hydroxyl groups excluding tert-OH is 2. The van der Waals surface area contributed by atoms with Crippen molar-refractivity contribution in [2.24, 2.45) is 0 Å². The van der Waals surface area contributed by atoms with Crippen molar-refractivity contribution >= 4 is 12.3 Å². The number of benzene rings is 2. The summed E-state index contributed by atoms with van der Waals surface area (Å²) in [5.41, 5.74) is 6.88. The molecule has 36 heavy (non-hydrogen) atoms. The molecule has 0 fully saturated rings. The Morgan fingerprint density at radius 2 is 1.64 bits per heavy atom. The Balaban J connectivity index is 0.000000777. The SMILES string of the molecule is C=C(C=O)CO.C=C(CO)C(=O)O.CCCCCc1ccc(-c2ccc(C(C)COC)cc2)cc1C. The number of carboxylic acid groups (broad SMARTS) is 1. The molecule has 2 rings (SSSR count). The zero-order valence-electron chi connectivity index (χ0n) is 22.1. The van der Waals surface area contributed by atoms with Gasteiger partial charge < -0.3 is 20.1 Å². The molecule has 0 saturated carbocycles. The van der Waals surface area contributed by atoms with Crippen molar-refractivity contribution < 1.29 is 29.6 Å². The highest BCUT2D eigenvalue weighted by Gasteiger charge is 2.07. The quantitative estimate of drug-likeness (QED) is 0.203. The molecule has 0 saturated heterocycles. The van der Waals surface area contributed by atoms with Crippen LogP contribution in [0.5, 0.6) is 0 Å². The Morgan fingerprint density at radius 1 is 1.03 bits per heavy atom. The molecule has 0 amide bonds. The first kappa shape index (κ1) is 32.9. The van der Waals surface area contributed by atoms with Gasteiger partial charge in [-0.05, 0) is 47.6 Å². The van der Waals surface area contributed by atoms with Crippen molar-refractivity contribution in [1.82, 2.24) is 0 Å². The van der Waals surface area contributed by atoms with E-state index < -0.39 is 12.6 Å². The second-order valence-electron chi connectivity index (χ2n) is 8.58. The van der Waals surface area contributed by atoms with Gasteiger partial charge in [-0.25, -0.2) is 4.79 Å². The van der Waals surface area contributed by atoms with Gasteiger partial charge in [-0.15, -0.1) is 0 Å². The Kier molecular flexibility index (Phi) is 17.5. The average molecular weight is 499 g/mol. The Morgan fingerprint density at radius 3 is 2.03 bits per heavy atom. The van der Waals surface area contributed by atoms with Gasteiger partial charge in [-0.3, -0.25) is 4.79 Å². The maximum absolute atomic E-state index is 9.67. The van der Waals surface area contributed by atoms with Gasteiger partial charge in [-0.1, -0.05) is 82.3 Å². The summed E-state index contributed by atoms with van der Waals surface area (Å²) in [5.74, 6) is -0.709. The van der Waals surface area contributed by atoms with Crippen molar-refractivity contribution in [1.29, 1.82) is 0 Å². The molecular weight excluding hydrogens is 456 g/mol. The van der Waals surface area contributed by atoms with E-state index in [-0.39, 0.29) is 17.8 Å². The van der Waals surface area contributed by atoms with Crippen LogP contribution in [0.1, 0.15) is 55.7 Å². The second kappa shape index (κ2) is 19.2. The van der Waals surface area contributed by atoms with E-state index in [0.717, 1.165) is 6.61 Å². The summed E-state index contributed by atoms with van der Waals surface area (Å²) in [6, 6.07) is 15.8. The van der Waals surface area contributed by atoms with Gasteiger partial charge in [0.25, 0.3) is 0 Å². The number of aldehydes is 1. The van der Waals surface area contributed by atoms with Gasteiger partial charge >= 0.3 is 5.97 Å². The molecule has 0 aromatic heterocycles. The van der Waals surface area contributed by atoms with Crippen LogP contribution in [-0.2, 0) is 20.7 Å². The van der Waals surface area contributed by atoms with Crippen LogP contribution in [0.15, 0.2) is 66.8 Å². The number of rotatable bonds is 12. The molecule has 6 nitrogen and oxygen atoms in total. The highest BCUT2D eigenvalue weighted by atomic mass is 16.5. The highest BCUT2D eigenvalue weighted by Crippen LogP contribution is 2.25. The number of methoxy groups -OCH3 is 1. The number of carboxylic acids is 1. The second-order valence-corrected chi connectivity index (χ2v) is 8.58. The fourth-order valence-corrected chi connectivity index (χ4v) is 3.18. The normalized spacial score (nSPS) is 10.7. The summed E-state index contributed by atoms with van der Waals surface area (Å²) in [6.45, 7) is 13.0. The maximum atomic E-state index is 9.67. The van der Waals surface area contributed by atoms with Gasteiger partial charge in [0.2, 0.25) is 0 Å². The molecule has 6 heteroatoms. The van der Waals surface area contributed by atoms with E-state index in [1.165, 1.54) is 53.5 Å². The third kappa shape index (κ3) is 13.1. The molecule has 198 valence electrons.